The molecular formula is C26H31N3O2S. The Hall–Kier alpha value is -2.70. The van der Waals surface area contributed by atoms with Gasteiger partial charge < -0.3 is 15.0 Å². The first-order valence-electron chi connectivity index (χ1n) is 11.3. The predicted molar refractivity (Wildman–Crippen MR) is 129 cm³/mol. The fraction of sp³-hybridized carbons (Fsp3) is 0.385. The molecule has 1 aliphatic rings. The summed E-state index contributed by atoms with van der Waals surface area (Å²) in [6.07, 6.45) is 3.39. The summed E-state index contributed by atoms with van der Waals surface area (Å²) in [5.41, 5.74) is 3.06. The van der Waals surface area contributed by atoms with Gasteiger partial charge in [0.15, 0.2) is 0 Å². The second kappa shape index (κ2) is 10.7. The van der Waals surface area contributed by atoms with Crippen LogP contribution >= 0.6 is 11.3 Å². The number of likely N-dealkylation sites (tertiary alicyclic amines) is 1. The zero-order valence-corrected chi connectivity index (χ0v) is 19.7. The fourth-order valence-corrected chi connectivity index (χ4v) is 4.81. The number of hydrogen-bond acceptors (Lipinski definition) is 5. The molecule has 4 rings (SSSR count). The van der Waals surface area contributed by atoms with Crippen LogP contribution in [0.25, 0.3) is 0 Å². The number of aryl methyl sites for hydroxylation is 2. The van der Waals surface area contributed by atoms with E-state index >= 15 is 0 Å². The van der Waals surface area contributed by atoms with Crippen LogP contribution in [0.1, 0.15) is 44.3 Å². The highest BCUT2D eigenvalue weighted by molar-refractivity contribution is 7.11. The van der Waals surface area contributed by atoms with E-state index in [1.807, 2.05) is 38.1 Å². The van der Waals surface area contributed by atoms with Crippen LogP contribution in [0, 0.1) is 13.8 Å². The van der Waals surface area contributed by atoms with Crippen LogP contribution in [0.3, 0.4) is 0 Å². The van der Waals surface area contributed by atoms with E-state index < -0.39 is 0 Å². The van der Waals surface area contributed by atoms with E-state index in [4.69, 9.17) is 4.74 Å². The van der Waals surface area contributed by atoms with Crippen molar-refractivity contribution in [1.82, 2.24) is 15.2 Å². The fourth-order valence-electron chi connectivity index (χ4n) is 3.93. The summed E-state index contributed by atoms with van der Waals surface area (Å²) in [6, 6.07) is 18.1. The summed E-state index contributed by atoms with van der Waals surface area (Å²) >= 11 is 1.63. The van der Waals surface area contributed by atoms with Crippen molar-refractivity contribution in [1.29, 1.82) is 0 Å². The van der Waals surface area contributed by atoms with Crippen molar-refractivity contribution in [3.8, 4) is 5.75 Å². The van der Waals surface area contributed by atoms with E-state index in [0.29, 0.717) is 12.1 Å². The second-order valence-electron chi connectivity index (χ2n) is 8.35. The van der Waals surface area contributed by atoms with Gasteiger partial charge >= 0.3 is 0 Å². The zero-order valence-electron chi connectivity index (χ0n) is 18.8. The molecule has 1 amide bonds. The van der Waals surface area contributed by atoms with Crippen LogP contribution in [0.15, 0.2) is 54.6 Å². The lowest BCUT2D eigenvalue weighted by Crippen LogP contribution is -2.39. The van der Waals surface area contributed by atoms with E-state index in [1.165, 1.54) is 10.4 Å². The topological polar surface area (TPSA) is 54.5 Å². The van der Waals surface area contributed by atoms with Crippen LogP contribution in [-0.4, -0.2) is 41.5 Å². The molecule has 5 nitrogen and oxygen atoms in total. The maximum absolute atomic E-state index is 12.4. The van der Waals surface area contributed by atoms with E-state index in [1.54, 1.807) is 11.3 Å². The molecule has 2 heterocycles. The molecule has 3 aromatic rings. The number of carbonyl (C=O) groups is 1. The number of aromatic nitrogens is 1. The number of piperidine rings is 1. The van der Waals surface area contributed by atoms with E-state index in [-0.39, 0.29) is 12.0 Å². The number of nitrogens with zero attached hydrogens (tertiary/aromatic N) is 2. The van der Waals surface area contributed by atoms with Gasteiger partial charge in [-0.25, -0.2) is 4.98 Å². The molecule has 6 heteroatoms. The molecule has 0 saturated carbocycles. The zero-order chi connectivity index (χ0) is 22.3. The van der Waals surface area contributed by atoms with Crippen molar-refractivity contribution in [2.45, 2.75) is 45.8 Å². The predicted octanol–water partition coefficient (Wildman–Crippen LogP) is 4.78. The molecule has 32 heavy (non-hydrogen) atoms. The highest BCUT2D eigenvalue weighted by Gasteiger charge is 2.20. The standard InChI is InChI=1S/C26H31N3O2S/c1-19-20(2)32-25(28-19)18-27-26(30)22-8-10-23(11-9-22)31-24-13-16-29(17-14-24)15-12-21-6-4-3-5-7-21/h3-11,24H,12-18H2,1-2H3,(H,27,30). The number of benzene rings is 2. The molecule has 0 spiro atoms. The third-order valence-corrected chi connectivity index (χ3v) is 7.06. The normalized spacial score (nSPS) is 14.9. The number of thiazole rings is 1. The number of carbonyl (C=O) groups excluding carboxylic acids is 1. The summed E-state index contributed by atoms with van der Waals surface area (Å²) in [7, 11) is 0. The van der Waals surface area contributed by atoms with E-state index in [2.05, 4.69) is 45.5 Å². The molecule has 0 radical (unpaired) electrons. The Morgan fingerprint density at radius 3 is 2.47 bits per heavy atom. The second-order valence-corrected chi connectivity index (χ2v) is 9.64. The average molecular weight is 450 g/mol. The van der Waals surface area contributed by atoms with Gasteiger partial charge in [0.1, 0.15) is 16.9 Å². The van der Waals surface area contributed by atoms with Crippen molar-refractivity contribution < 1.29 is 9.53 Å². The largest absolute Gasteiger partial charge is 0.490 e. The number of hydrogen-bond donors (Lipinski definition) is 1. The maximum atomic E-state index is 12.4. The lowest BCUT2D eigenvalue weighted by Gasteiger charge is -2.32. The van der Waals surface area contributed by atoms with Gasteiger partial charge in [0, 0.05) is 30.1 Å². The van der Waals surface area contributed by atoms with Gasteiger partial charge in [0.05, 0.1) is 12.2 Å². The van der Waals surface area contributed by atoms with Gasteiger partial charge in [-0.05, 0) is 62.9 Å². The van der Waals surface area contributed by atoms with Crippen LogP contribution in [0.2, 0.25) is 0 Å². The molecule has 168 valence electrons. The SMILES string of the molecule is Cc1nc(CNC(=O)c2ccc(OC3CCN(CCc4ccccc4)CC3)cc2)sc1C. The molecule has 1 fully saturated rings. The highest BCUT2D eigenvalue weighted by Crippen LogP contribution is 2.20. The minimum atomic E-state index is -0.0891. The molecule has 0 unspecified atom stereocenters. The smallest absolute Gasteiger partial charge is 0.251 e. The van der Waals surface area contributed by atoms with Gasteiger partial charge in [-0.3, -0.25) is 4.79 Å². The highest BCUT2D eigenvalue weighted by atomic mass is 32.1. The molecule has 1 saturated heterocycles. The van der Waals surface area contributed by atoms with Crippen LogP contribution < -0.4 is 10.1 Å². The third-order valence-electron chi connectivity index (χ3n) is 5.99. The lowest BCUT2D eigenvalue weighted by molar-refractivity contribution is 0.0950. The summed E-state index contributed by atoms with van der Waals surface area (Å²) in [6.45, 7) is 7.72. The molecule has 0 aliphatic carbocycles. The van der Waals surface area contributed by atoms with E-state index in [9.17, 15) is 4.79 Å². The first-order chi connectivity index (χ1) is 15.6. The van der Waals surface area contributed by atoms with Crippen molar-refractivity contribution >= 4 is 17.2 Å². The van der Waals surface area contributed by atoms with Gasteiger partial charge in [-0.15, -0.1) is 11.3 Å². The van der Waals surface area contributed by atoms with E-state index in [0.717, 1.165) is 55.3 Å². The Kier molecular flexibility index (Phi) is 7.55. The molecule has 1 aliphatic heterocycles. The number of rotatable bonds is 8. The Labute approximate surface area is 194 Å². The molecule has 2 aromatic carbocycles. The Morgan fingerprint density at radius 1 is 1.09 bits per heavy atom. The van der Waals surface area contributed by atoms with Crippen LogP contribution in [0.5, 0.6) is 5.75 Å². The lowest BCUT2D eigenvalue weighted by atomic mass is 10.1. The third kappa shape index (κ3) is 6.17. The maximum Gasteiger partial charge on any atom is 0.251 e. The first kappa shape index (κ1) is 22.5. The quantitative estimate of drug-likeness (QED) is 0.538. The average Bonchev–Trinajstić information content (AvgIpc) is 3.15. The minimum Gasteiger partial charge on any atom is -0.490 e. The molecule has 0 bridgehead atoms. The first-order valence-corrected chi connectivity index (χ1v) is 12.1. The van der Waals surface area contributed by atoms with Crippen molar-refractivity contribution in [3.63, 3.8) is 0 Å². The van der Waals surface area contributed by atoms with Crippen molar-refractivity contribution in [3.05, 3.63) is 81.3 Å². The van der Waals surface area contributed by atoms with Gasteiger partial charge in [-0.2, -0.15) is 0 Å². The number of amides is 1. The molecule has 0 atom stereocenters. The molecule has 1 N–H and O–H groups in total. The molecule has 1 aromatic heterocycles. The van der Waals surface area contributed by atoms with Crippen molar-refractivity contribution in [2.24, 2.45) is 0 Å². The Balaban J connectivity index is 1.19. The van der Waals surface area contributed by atoms with Gasteiger partial charge in [0.25, 0.3) is 5.91 Å². The Morgan fingerprint density at radius 2 is 1.81 bits per heavy atom. The van der Waals surface area contributed by atoms with Crippen LogP contribution in [-0.2, 0) is 13.0 Å². The Bertz CT molecular complexity index is 990. The van der Waals surface area contributed by atoms with Crippen molar-refractivity contribution in [2.75, 3.05) is 19.6 Å². The van der Waals surface area contributed by atoms with Gasteiger partial charge in [0.2, 0.25) is 0 Å². The molecular weight excluding hydrogens is 418 g/mol. The summed E-state index contributed by atoms with van der Waals surface area (Å²) in [5, 5.41) is 3.88. The number of ether oxygens (including phenoxy) is 1. The monoisotopic (exact) mass is 449 g/mol. The van der Waals surface area contributed by atoms with Crippen LogP contribution in [0.4, 0.5) is 0 Å². The summed E-state index contributed by atoms with van der Waals surface area (Å²) in [5.74, 6) is 0.740. The van der Waals surface area contributed by atoms with Gasteiger partial charge in [-0.1, -0.05) is 30.3 Å². The summed E-state index contributed by atoms with van der Waals surface area (Å²) in [4.78, 5) is 20.6. The minimum absolute atomic E-state index is 0.0891. The number of nitrogens with one attached hydrogen (secondary N) is 1. The summed E-state index contributed by atoms with van der Waals surface area (Å²) < 4.78 is 6.18.